The van der Waals surface area contributed by atoms with Gasteiger partial charge in [-0.05, 0) is 24.5 Å². The third kappa shape index (κ3) is 4.44. The summed E-state index contributed by atoms with van der Waals surface area (Å²) in [5.41, 5.74) is 0.681. The van der Waals surface area contributed by atoms with Gasteiger partial charge in [0.1, 0.15) is 11.6 Å². The van der Waals surface area contributed by atoms with Gasteiger partial charge in [-0.15, -0.1) is 0 Å². The van der Waals surface area contributed by atoms with E-state index in [-0.39, 0.29) is 36.0 Å². The van der Waals surface area contributed by atoms with Crippen molar-refractivity contribution in [3.63, 3.8) is 0 Å². The Morgan fingerprint density at radius 1 is 1.32 bits per heavy atom. The van der Waals surface area contributed by atoms with E-state index in [4.69, 9.17) is 4.74 Å². The summed E-state index contributed by atoms with van der Waals surface area (Å²) in [6, 6.07) is 3.15. The summed E-state index contributed by atoms with van der Waals surface area (Å²) in [6.07, 6.45) is 1.68. The largest absolute Gasteiger partial charge is 0.462 e. The molecule has 2 rings (SSSR count). The summed E-state index contributed by atoms with van der Waals surface area (Å²) < 4.78 is 32.8. The second kappa shape index (κ2) is 8.23. The molecule has 0 radical (unpaired) electrons. The SMILES string of the molecule is CCC(CC)COC(=O)C1=C(C)NC(=O)CC1c1ccc(F)cc1F. The van der Waals surface area contributed by atoms with Crippen LogP contribution in [0.3, 0.4) is 0 Å². The number of carbonyl (C=O) groups is 2. The third-order valence-corrected chi connectivity index (χ3v) is 4.63. The minimum atomic E-state index is -0.788. The van der Waals surface area contributed by atoms with Crippen molar-refractivity contribution in [3.8, 4) is 0 Å². The van der Waals surface area contributed by atoms with E-state index in [1.807, 2.05) is 13.8 Å². The molecule has 0 aromatic heterocycles. The van der Waals surface area contributed by atoms with Gasteiger partial charge in [0.15, 0.2) is 0 Å². The summed E-state index contributed by atoms with van der Waals surface area (Å²) in [5, 5.41) is 2.60. The lowest BCUT2D eigenvalue weighted by Crippen LogP contribution is -2.34. The zero-order chi connectivity index (χ0) is 18.6. The van der Waals surface area contributed by atoms with Gasteiger partial charge in [-0.3, -0.25) is 4.79 Å². The topological polar surface area (TPSA) is 55.4 Å². The number of ether oxygens (including phenoxy) is 1. The Balaban J connectivity index is 2.32. The zero-order valence-corrected chi connectivity index (χ0v) is 14.7. The molecule has 1 atom stereocenters. The molecule has 25 heavy (non-hydrogen) atoms. The fourth-order valence-electron chi connectivity index (χ4n) is 3.02. The molecule has 1 amide bonds. The summed E-state index contributed by atoms with van der Waals surface area (Å²) in [7, 11) is 0. The average molecular weight is 351 g/mol. The molecule has 4 nitrogen and oxygen atoms in total. The van der Waals surface area contributed by atoms with Gasteiger partial charge in [0.2, 0.25) is 5.91 Å². The maximum Gasteiger partial charge on any atom is 0.336 e. The van der Waals surface area contributed by atoms with E-state index in [1.165, 1.54) is 6.07 Å². The van der Waals surface area contributed by atoms with Crippen LogP contribution in [0.25, 0.3) is 0 Å². The highest BCUT2D eigenvalue weighted by atomic mass is 19.1. The predicted molar refractivity (Wildman–Crippen MR) is 89.6 cm³/mol. The van der Waals surface area contributed by atoms with Crippen LogP contribution in [-0.4, -0.2) is 18.5 Å². The van der Waals surface area contributed by atoms with Gasteiger partial charge in [0.05, 0.1) is 12.2 Å². The first-order valence-corrected chi connectivity index (χ1v) is 8.50. The monoisotopic (exact) mass is 351 g/mol. The number of rotatable bonds is 6. The Kier molecular flexibility index (Phi) is 6.28. The number of nitrogens with one attached hydrogen (secondary N) is 1. The van der Waals surface area contributed by atoms with E-state index >= 15 is 0 Å². The molecule has 0 bridgehead atoms. The van der Waals surface area contributed by atoms with Crippen LogP contribution in [0.4, 0.5) is 8.78 Å². The van der Waals surface area contributed by atoms with Crippen molar-refractivity contribution in [2.24, 2.45) is 5.92 Å². The van der Waals surface area contributed by atoms with Crippen LogP contribution in [0.1, 0.15) is 51.5 Å². The van der Waals surface area contributed by atoms with E-state index in [1.54, 1.807) is 6.92 Å². The zero-order valence-electron chi connectivity index (χ0n) is 14.7. The minimum absolute atomic E-state index is 0.0880. The van der Waals surface area contributed by atoms with Crippen LogP contribution in [0.15, 0.2) is 29.5 Å². The fraction of sp³-hybridized carbons (Fsp3) is 0.474. The van der Waals surface area contributed by atoms with Crippen LogP contribution in [-0.2, 0) is 14.3 Å². The average Bonchev–Trinajstić information content (AvgIpc) is 2.54. The van der Waals surface area contributed by atoms with E-state index < -0.39 is 23.5 Å². The highest BCUT2D eigenvalue weighted by Gasteiger charge is 2.34. The predicted octanol–water partition coefficient (Wildman–Crippen LogP) is 3.82. The lowest BCUT2D eigenvalue weighted by atomic mass is 9.84. The minimum Gasteiger partial charge on any atom is -0.462 e. The number of halogens is 2. The van der Waals surface area contributed by atoms with Crippen LogP contribution < -0.4 is 5.32 Å². The molecule has 1 aliphatic rings. The lowest BCUT2D eigenvalue weighted by Gasteiger charge is -2.27. The molecule has 6 heteroatoms. The maximum absolute atomic E-state index is 14.2. The number of benzene rings is 1. The second-order valence-electron chi connectivity index (χ2n) is 6.29. The van der Waals surface area contributed by atoms with Crippen molar-refractivity contribution in [1.82, 2.24) is 5.32 Å². The first kappa shape index (κ1) is 19.1. The number of esters is 1. The quantitative estimate of drug-likeness (QED) is 0.793. The van der Waals surface area contributed by atoms with Crippen molar-refractivity contribution in [1.29, 1.82) is 0 Å². The van der Waals surface area contributed by atoms with Gasteiger partial charge in [-0.25, -0.2) is 13.6 Å². The Labute approximate surface area is 146 Å². The highest BCUT2D eigenvalue weighted by molar-refractivity contribution is 5.95. The van der Waals surface area contributed by atoms with Crippen molar-refractivity contribution in [3.05, 3.63) is 46.7 Å². The van der Waals surface area contributed by atoms with Crippen LogP contribution in [0.5, 0.6) is 0 Å². The number of hydrogen-bond donors (Lipinski definition) is 1. The van der Waals surface area contributed by atoms with Gasteiger partial charge >= 0.3 is 5.97 Å². The first-order valence-electron chi connectivity index (χ1n) is 8.50. The van der Waals surface area contributed by atoms with Crippen molar-refractivity contribution in [2.75, 3.05) is 6.61 Å². The van der Waals surface area contributed by atoms with E-state index in [2.05, 4.69) is 5.32 Å². The number of carbonyl (C=O) groups excluding carboxylic acids is 2. The Morgan fingerprint density at radius 3 is 2.60 bits per heavy atom. The van der Waals surface area contributed by atoms with Gasteiger partial charge in [0, 0.05) is 24.1 Å². The molecule has 0 saturated heterocycles. The normalized spacial score (nSPS) is 17.7. The number of allylic oxidation sites excluding steroid dienone is 1. The summed E-state index contributed by atoms with van der Waals surface area (Å²) in [4.78, 5) is 24.5. The Hall–Kier alpha value is -2.24. The third-order valence-electron chi connectivity index (χ3n) is 4.63. The summed E-state index contributed by atoms with van der Waals surface area (Å²) in [5.74, 6) is -2.91. The van der Waals surface area contributed by atoms with Crippen molar-refractivity contribution < 1.29 is 23.1 Å². The molecule has 0 aliphatic carbocycles. The van der Waals surface area contributed by atoms with Gasteiger partial charge in [-0.2, -0.15) is 0 Å². The van der Waals surface area contributed by atoms with E-state index in [9.17, 15) is 18.4 Å². The van der Waals surface area contributed by atoms with Crippen molar-refractivity contribution in [2.45, 2.75) is 46.0 Å². The van der Waals surface area contributed by atoms with E-state index in [0.29, 0.717) is 5.70 Å². The lowest BCUT2D eigenvalue weighted by molar-refractivity contribution is -0.141. The summed E-state index contributed by atoms with van der Waals surface area (Å²) in [6.45, 7) is 5.89. The molecule has 0 saturated carbocycles. The first-order chi connectivity index (χ1) is 11.9. The van der Waals surface area contributed by atoms with Gasteiger partial charge < -0.3 is 10.1 Å². The van der Waals surface area contributed by atoms with E-state index in [0.717, 1.165) is 25.0 Å². The molecule has 1 unspecified atom stereocenters. The van der Waals surface area contributed by atoms with Gasteiger partial charge in [-0.1, -0.05) is 32.8 Å². The molecule has 0 spiro atoms. The second-order valence-corrected chi connectivity index (χ2v) is 6.29. The Bertz CT molecular complexity index is 696. The smallest absolute Gasteiger partial charge is 0.336 e. The molecule has 1 aromatic rings. The highest BCUT2D eigenvalue weighted by Crippen LogP contribution is 2.35. The standard InChI is InChI=1S/C19H23F2NO3/c1-4-12(5-2)10-25-19(24)18-11(3)22-17(23)9-15(18)14-7-6-13(20)8-16(14)21/h6-8,12,15H,4-5,9-10H2,1-3H3,(H,22,23). The van der Waals surface area contributed by atoms with Crippen LogP contribution in [0, 0.1) is 17.6 Å². The molecule has 1 aromatic carbocycles. The molecule has 1 N–H and O–H groups in total. The summed E-state index contributed by atoms with van der Waals surface area (Å²) >= 11 is 0. The van der Waals surface area contributed by atoms with Crippen LogP contribution >= 0.6 is 0 Å². The van der Waals surface area contributed by atoms with Crippen LogP contribution in [0.2, 0.25) is 0 Å². The Morgan fingerprint density at radius 2 is 2.00 bits per heavy atom. The molecule has 136 valence electrons. The number of hydrogen-bond acceptors (Lipinski definition) is 3. The molecule has 0 fully saturated rings. The molecule has 1 aliphatic heterocycles. The van der Waals surface area contributed by atoms with Gasteiger partial charge in [0.25, 0.3) is 0 Å². The number of amides is 1. The molecular formula is C19H23F2NO3. The molecule has 1 heterocycles. The molecular weight excluding hydrogens is 328 g/mol. The van der Waals surface area contributed by atoms with Crippen molar-refractivity contribution >= 4 is 11.9 Å². The maximum atomic E-state index is 14.2. The fourth-order valence-corrected chi connectivity index (χ4v) is 3.02.